The van der Waals surface area contributed by atoms with Crippen LogP contribution in [0.2, 0.25) is 0 Å². The summed E-state index contributed by atoms with van der Waals surface area (Å²) in [5, 5.41) is 21.9. The van der Waals surface area contributed by atoms with E-state index >= 15 is 0 Å². The summed E-state index contributed by atoms with van der Waals surface area (Å²) in [5.74, 6) is 0.292. The molecule has 58 valence electrons. The van der Waals surface area contributed by atoms with Crippen LogP contribution in [-0.2, 0) is 0 Å². The summed E-state index contributed by atoms with van der Waals surface area (Å²) in [4.78, 5) is 0. The molecule has 4 unspecified atom stereocenters. The van der Waals surface area contributed by atoms with Crippen LogP contribution in [0.15, 0.2) is 0 Å². The van der Waals surface area contributed by atoms with Crippen LogP contribution in [0.1, 0.15) is 12.8 Å². The Labute approximate surface area is 60.1 Å². The van der Waals surface area contributed by atoms with Gasteiger partial charge in [-0.25, -0.2) is 0 Å². The van der Waals surface area contributed by atoms with Crippen LogP contribution in [0, 0.1) is 5.92 Å². The minimum Gasteiger partial charge on any atom is -0.390 e. The van der Waals surface area contributed by atoms with E-state index in [0.717, 1.165) is 19.4 Å². The topological polar surface area (TPSA) is 52.5 Å². The third-order valence-corrected chi connectivity index (χ3v) is 2.74. The van der Waals surface area contributed by atoms with Crippen LogP contribution in [-0.4, -0.2) is 35.0 Å². The molecular formula is C7H13NO2. The second kappa shape index (κ2) is 2.19. The van der Waals surface area contributed by atoms with E-state index < -0.39 is 12.2 Å². The van der Waals surface area contributed by atoms with Gasteiger partial charge in [0.05, 0.1) is 12.2 Å². The van der Waals surface area contributed by atoms with Crippen molar-refractivity contribution in [3.8, 4) is 0 Å². The molecule has 3 rings (SSSR count). The maximum atomic E-state index is 9.38. The lowest BCUT2D eigenvalue weighted by Gasteiger charge is -2.44. The molecule has 0 amide bonds. The zero-order valence-electron chi connectivity index (χ0n) is 5.83. The minimum absolute atomic E-state index is 0.153. The van der Waals surface area contributed by atoms with Gasteiger partial charge >= 0.3 is 0 Å². The average molecular weight is 143 g/mol. The summed E-state index contributed by atoms with van der Waals surface area (Å²) in [5.41, 5.74) is 0. The molecule has 2 saturated heterocycles. The smallest absolute Gasteiger partial charge is 0.0954 e. The van der Waals surface area contributed by atoms with E-state index in [4.69, 9.17) is 0 Å². The quantitative estimate of drug-likeness (QED) is 0.411. The van der Waals surface area contributed by atoms with Crippen LogP contribution in [0.5, 0.6) is 0 Å². The normalized spacial score (nSPS) is 53.4. The van der Waals surface area contributed by atoms with Gasteiger partial charge in [-0.05, 0) is 18.8 Å². The van der Waals surface area contributed by atoms with Gasteiger partial charge in [0, 0.05) is 12.6 Å². The highest BCUT2D eigenvalue weighted by molar-refractivity contribution is 4.97. The second-order valence-electron chi connectivity index (χ2n) is 3.33. The van der Waals surface area contributed by atoms with Crippen LogP contribution in [0.4, 0.5) is 0 Å². The first kappa shape index (κ1) is 6.58. The number of aliphatic hydroxyl groups is 2. The predicted octanol–water partition coefficient (Wildman–Crippen LogP) is -0.910. The number of nitrogens with one attached hydrogen (secondary N) is 1. The van der Waals surface area contributed by atoms with Crippen molar-refractivity contribution in [2.45, 2.75) is 31.1 Å². The summed E-state index contributed by atoms with van der Waals surface area (Å²) in [7, 11) is 0. The second-order valence-corrected chi connectivity index (χ2v) is 3.33. The van der Waals surface area contributed by atoms with E-state index in [2.05, 4.69) is 5.32 Å². The van der Waals surface area contributed by atoms with Crippen molar-refractivity contribution < 1.29 is 10.2 Å². The lowest BCUT2D eigenvalue weighted by atomic mass is 9.77. The predicted molar refractivity (Wildman–Crippen MR) is 36.5 cm³/mol. The van der Waals surface area contributed by atoms with Gasteiger partial charge in [-0.3, -0.25) is 0 Å². The summed E-state index contributed by atoms with van der Waals surface area (Å²) in [6, 6.07) is 0.153. The molecular weight excluding hydrogens is 130 g/mol. The lowest BCUT2D eigenvalue weighted by Crippen LogP contribution is -2.61. The van der Waals surface area contributed by atoms with Crippen LogP contribution < -0.4 is 5.32 Å². The number of hydrogen-bond acceptors (Lipinski definition) is 3. The van der Waals surface area contributed by atoms with Crippen molar-refractivity contribution >= 4 is 0 Å². The maximum absolute atomic E-state index is 9.38. The lowest BCUT2D eigenvalue weighted by molar-refractivity contribution is -0.0875. The molecule has 3 nitrogen and oxygen atoms in total. The zero-order chi connectivity index (χ0) is 7.14. The first-order valence-electron chi connectivity index (χ1n) is 3.88. The van der Waals surface area contributed by atoms with Crippen LogP contribution in [0.3, 0.4) is 0 Å². The molecule has 1 saturated carbocycles. The highest BCUT2D eigenvalue weighted by Crippen LogP contribution is 2.29. The Hall–Kier alpha value is -0.120. The first-order chi connectivity index (χ1) is 4.79. The van der Waals surface area contributed by atoms with E-state index in [1.165, 1.54) is 0 Å². The Morgan fingerprint density at radius 3 is 2.20 bits per heavy atom. The molecule has 0 radical (unpaired) electrons. The van der Waals surface area contributed by atoms with Gasteiger partial charge in [-0.2, -0.15) is 0 Å². The van der Waals surface area contributed by atoms with Crippen molar-refractivity contribution in [1.29, 1.82) is 0 Å². The van der Waals surface area contributed by atoms with Gasteiger partial charge < -0.3 is 15.5 Å². The maximum Gasteiger partial charge on any atom is 0.0954 e. The van der Waals surface area contributed by atoms with E-state index in [0.29, 0.717) is 5.92 Å². The molecule has 4 atom stereocenters. The van der Waals surface area contributed by atoms with Gasteiger partial charge in [0.25, 0.3) is 0 Å². The number of rotatable bonds is 0. The zero-order valence-corrected chi connectivity index (χ0v) is 5.83. The summed E-state index contributed by atoms with van der Waals surface area (Å²) in [6.45, 7) is 0.878. The number of piperidine rings is 2. The third-order valence-electron chi connectivity index (χ3n) is 2.74. The van der Waals surface area contributed by atoms with Crippen LogP contribution in [0.25, 0.3) is 0 Å². The highest BCUT2D eigenvalue weighted by atomic mass is 16.3. The number of fused-ring (bicyclic) bond motifs is 3. The molecule has 0 spiro atoms. The van der Waals surface area contributed by atoms with Crippen molar-refractivity contribution in [2.24, 2.45) is 5.92 Å². The molecule has 0 aromatic carbocycles. The SMILES string of the molecule is OC1C2CCC(NC2)C1O. The van der Waals surface area contributed by atoms with E-state index in [1.54, 1.807) is 0 Å². The Morgan fingerprint density at radius 1 is 1.10 bits per heavy atom. The Bertz CT molecular complexity index is 112. The van der Waals surface area contributed by atoms with E-state index in [1.807, 2.05) is 0 Å². The summed E-state index contributed by atoms with van der Waals surface area (Å²) >= 11 is 0. The van der Waals surface area contributed by atoms with Crippen molar-refractivity contribution in [3.05, 3.63) is 0 Å². The van der Waals surface area contributed by atoms with E-state index in [9.17, 15) is 10.2 Å². The van der Waals surface area contributed by atoms with Crippen molar-refractivity contribution in [2.75, 3.05) is 6.54 Å². The van der Waals surface area contributed by atoms with Crippen molar-refractivity contribution in [1.82, 2.24) is 5.32 Å². The summed E-state index contributed by atoms with van der Waals surface area (Å²) in [6.07, 6.45) is 1.09. The van der Waals surface area contributed by atoms with Gasteiger partial charge in [-0.15, -0.1) is 0 Å². The van der Waals surface area contributed by atoms with E-state index in [-0.39, 0.29) is 6.04 Å². The molecule has 2 aliphatic heterocycles. The Morgan fingerprint density at radius 2 is 1.90 bits per heavy atom. The summed E-state index contributed by atoms with van der Waals surface area (Å²) < 4.78 is 0. The molecule has 2 heterocycles. The minimum atomic E-state index is -0.521. The average Bonchev–Trinajstić information content (AvgIpc) is 2.00. The fraction of sp³-hybridized carbons (Fsp3) is 1.00. The molecule has 0 aromatic rings. The van der Waals surface area contributed by atoms with Gasteiger partial charge in [0.2, 0.25) is 0 Å². The first-order valence-corrected chi connectivity index (χ1v) is 3.88. The third kappa shape index (κ3) is 0.779. The van der Waals surface area contributed by atoms with Gasteiger partial charge in [-0.1, -0.05) is 0 Å². The standard InChI is InChI=1S/C7H13NO2/c9-6-4-1-2-5(7(6)10)8-3-4/h4-10H,1-3H2. The highest BCUT2D eigenvalue weighted by Gasteiger charge is 2.41. The molecule has 2 bridgehead atoms. The fourth-order valence-corrected chi connectivity index (χ4v) is 2.00. The molecule has 3 aliphatic rings. The molecule has 3 heteroatoms. The largest absolute Gasteiger partial charge is 0.390 e. The fourth-order valence-electron chi connectivity index (χ4n) is 2.00. The molecule has 3 N–H and O–H groups in total. The molecule has 3 fully saturated rings. The molecule has 0 aromatic heterocycles. The van der Waals surface area contributed by atoms with Gasteiger partial charge in [0.1, 0.15) is 0 Å². The van der Waals surface area contributed by atoms with Crippen molar-refractivity contribution in [3.63, 3.8) is 0 Å². The number of hydrogen-bond donors (Lipinski definition) is 3. The Kier molecular flexibility index (Phi) is 1.44. The van der Waals surface area contributed by atoms with Gasteiger partial charge in [0.15, 0.2) is 0 Å². The monoisotopic (exact) mass is 143 g/mol. The molecule has 10 heavy (non-hydrogen) atoms. The number of aliphatic hydroxyl groups excluding tert-OH is 2. The Balaban J connectivity index is 2.13. The molecule has 1 aliphatic carbocycles. The van der Waals surface area contributed by atoms with Crippen LogP contribution >= 0.6 is 0 Å².